The predicted octanol–water partition coefficient (Wildman–Crippen LogP) is 2.78. The lowest BCUT2D eigenvalue weighted by atomic mass is 10.1. The van der Waals surface area contributed by atoms with Crippen LogP contribution in [-0.4, -0.2) is 63.7 Å². The zero-order valence-corrected chi connectivity index (χ0v) is 19.6. The molecule has 0 unspecified atom stereocenters. The van der Waals surface area contributed by atoms with Crippen molar-refractivity contribution in [2.75, 3.05) is 49.7 Å². The third kappa shape index (κ3) is 5.88. The number of hydrogen-bond acceptors (Lipinski definition) is 5. The average molecular weight is 465 g/mol. The van der Waals surface area contributed by atoms with E-state index < -0.39 is 9.84 Å². The number of piperazine rings is 1. The van der Waals surface area contributed by atoms with Gasteiger partial charge in [-0.2, -0.15) is 4.99 Å². The molecule has 0 atom stereocenters. The third-order valence-electron chi connectivity index (χ3n) is 5.60. The second-order valence-corrected chi connectivity index (χ2v) is 10.2. The van der Waals surface area contributed by atoms with Gasteiger partial charge in [-0.3, -0.25) is 5.41 Å². The van der Waals surface area contributed by atoms with Gasteiger partial charge < -0.3 is 20.1 Å². The summed E-state index contributed by atoms with van der Waals surface area (Å²) in [4.78, 5) is 12.5. The van der Waals surface area contributed by atoms with E-state index in [1.807, 2.05) is 24.3 Å². The molecule has 0 amide bonds. The van der Waals surface area contributed by atoms with E-state index in [9.17, 15) is 8.42 Å². The molecular formula is C24H28N6O2S. The van der Waals surface area contributed by atoms with Crippen molar-refractivity contribution < 1.29 is 8.42 Å². The molecule has 3 aromatic rings. The van der Waals surface area contributed by atoms with Crippen LogP contribution in [0.2, 0.25) is 0 Å². The first-order valence-corrected chi connectivity index (χ1v) is 12.6. The molecule has 1 aromatic heterocycles. The molecule has 0 radical (unpaired) electrons. The van der Waals surface area contributed by atoms with Gasteiger partial charge in [0.25, 0.3) is 0 Å². The summed E-state index contributed by atoms with van der Waals surface area (Å²) in [6.07, 6.45) is 1.19. The lowest BCUT2D eigenvalue weighted by Gasteiger charge is -2.34. The van der Waals surface area contributed by atoms with Crippen molar-refractivity contribution in [1.29, 1.82) is 5.41 Å². The second-order valence-electron chi connectivity index (χ2n) is 8.17. The van der Waals surface area contributed by atoms with Crippen molar-refractivity contribution in [3.05, 3.63) is 72.2 Å². The van der Waals surface area contributed by atoms with Gasteiger partial charge in [0.2, 0.25) is 5.96 Å². The first-order valence-electron chi connectivity index (χ1n) is 10.7. The van der Waals surface area contributed by atoms with Gasteiger partial charge in [0.1, 0.15) is 5.49 Å². The van der Waals surface area contributed by atoms with Gasteiger partial charge in [-0.1, -0.05) is 18.2 Å². The molecule has 2 aromatic carbocycles. The van der Waals surface area contributed by atoms with E-state index >= 15 is 0 Å². The molecule has 3 N–H and O–H groups in total. The molecule has 8 nitrogen and oxygen atoms in total. The summed E-state index contributed by atoms with van der Waals surface area (Å²) in [5.74, 6) is 0.0168. The molecule has 0 saturated carbocycles. The average Bonchev–Trinajstić information content (AvgIpc) is 2.80. The number of nitrogens with zero attached hydrogens (tertiary/aromatic N) is 3. The maximum atomic E-state index is 11.7. The van der Waals surface area contributed by atoms with Gasteiger partial charge in [0.05, 0.1) is 4.90 Å². The van der Waals surface area contributed by atoms with Crippen LogP contribution in [0.4, 0.5) is 11.4 Å². The Labute approximate surface area is 194 Å². The number of likely N-dealkylation sites (N-methyl/N-ethyl adjacent to an activating group) is 1. The van der Waals surface area contributed by atoms with Crippen molar-refractivity contribution in [2.24, 2.45) is 4.99 Å². The molecule has 0 spiro atoms. The minimum absolute atomic E-state index is 0.0168. The number of H-pyrrole nitrogens is 1. The van der Waals surface area contributed by atoms with Crippen LogP contribution in [0, 0.1) is 5.41 Å². The highest BCUT2D eigenvalue weighted by atomic mass is 32.2. The van der Waals surface area contributed by atoms with Crippen LogP contribution in [0.3, 0.4) is 0 Å². The van der Waals surface area contributed by atoms with Crippen LogP contribution in [0.15, 0.2) is 76.6 Å². The Hall–Kier alpha value is -3.43. The fraction of sp³-hybridized carbons (Fsp3) is 0.250. The summed E-state index contributed by atoms with van der Waals surface area (Å²) in [6, 6.07) is 20.2. The van der Waals surface area contributed by atoms with Gasteiger partial charge >= 0.3 is 0 Å². The van der Waals surface area contributed by atoms with Crippen LogP contribution in [0.1, 0.15) is 0 Å². The summed E-state index contributed by atoms with van der Waals surface area (Å²) in [5, 5.41) is 11.2. The van der Waals surface area contributed by atoms with Crippen molar-refractivity contribution >= 4 is 27.2 Å². The Morgan fingerprint density at radius 3 is 2.27 bits per heavy atom. The number of hydrogen-bond donors (Lipinski definition) is 3. The Morgan fingerprint density at radius 1 is 0.970 bits per heavy atom. The van der Waals surface area contributed by atoms with E-state index in [0.717, 1.165) is 43.1 Å². The molecule has 9 heteroatoms. The van der Waals surface area contributed by atoms with E-state index in [0.29, 0.717) is 5.49 Å². The topological polar surface area (TPSA) is 105 Å². The van der Waals surface area contributed by atoms with E-state index in [1.165, 1.54) is 11.9 Å². The van der Waals surface area contributed by atoms with E-state index in [-0.39, 0.29) is 10.9 Å². The number of guanidine groups is 1. The third-order valence-corrected chi connectivity index (χ3v) is 6.73. The van der Waals surface area contributed by atoms with Crippen LogP contribution in [0.5, 0.6) is 0 Å². The molecular weight excluding hydrogens is 436 g/mol. The summed E-state index contributed by atoms with van der Waals surface area (Å²) >= 11 is 0. The Kier molecular flexibility index (Phi) is 6.62. The summed E-state index contributed by atoms with van der Waals surface area (Å²) in [6.45, 7) is 4.14. The Bertz CT molecular complexity index is 1290. The highest BCUT2D eigenvalue weighted by Crippen LogP contribution is 2.20. The highest BCUT2D eigenvalue weighted by molar-refractivity contribution is 7.90. The molecule has 4 rings (SSSR count). The second kappa shape index (κ2) is 9.60. The van der Waals surface area contributed by atoms with Gasteiger partial charge in [0, 0.05) is 49.5 Å². The quantitative estimate of drug-likeness (QED) is 0.407. The van der Waals surface area contributed by atoms with E-state index in [2.05, 4.69) is 44.3 Å². The maximum Gasteiger partial charge on any atom is 0.221 e. The minimum Gasteiger partial charge on any atom is -0.369 e. The zero-order valence-electron chi connectivity index (χ0n) is 18.7. The summed E-state index contributed by atoms with van der Waals surface area (Å²) in [7, 11) is -1.10. The molecule has 33 heavy (non-hydrogen) atoms. The number of aromatic nitrogens is 1. The lowest BCUT2D eigenvalue weighted by Crippen LogP contribution is -2.44. The molecule has 172 valence electrons. The van der Waals surface area contributed by atoms with Crippen molar-refractivity contribution in [3.8, 4) is 11.3 Å². The van der Waals surface area contributed by atoms with Crippen LogP contribution < -0.4 is 15.7 Å². The normalized spacial score (nSPS) is 15.5. The summed E-state index contributed by atoms with van der Waals surface area (Å²) in [5.41, 5.74) is 4.11. The largest absolute Gasteiger partial charge is 0.369 e. The minimum atomic E-state index is -3.24. The summed E-state index contributed by atoms with van der Waals surface area (Å²) < 4.78 is 23.3. The van der Waals surface area contributed by atoms with Crippen molar-refractivity contribution in [1.82, 2.24) is 9.88 Å². The molecule has 1 aliphatic heterocycles. The van der Waals surface area contributed by atoms with Gasteiger partial charge in [-0.05, 0) is 61.1 Å². The van der Waals surface area contributed by atoms with E-state index in [1.54, 1.807) is 30.3 Å². The fourth-order valence-electron chi connectivity index (χ4n) is 3.68. The van der Waals surface area contributed by atoms with Gasteiger partial charge in [-0.15, -0.1) is 0 Å². The van der Waals surface area contributed by atoms with Crippen LogP contribution in [0.25, 0.3) is 11.3 Å². The number of aromatic amines is 1. The zero-order chi connectivity index (χ0) is 23.4. The Morgan fingerprint density at radius 2 is 1.64 bits per heavy atom. The first-order chi connectivity index (χ1) is 15.8. The molecule has 1 fully saturated rings. The van der Waals surface area contributed by atoms with Gasteiger partial charge in [-0.25, -0.2) is 8.42 Å². The van der Waals surface area contributed by atoms with Crippen LogP contribution in [-0.2, 0) is 9.84 Å². The molecule has 1 saturated heterocycles. The van der Waals surface area contributed by atoms with Crippen molar-refractivity contribution in [2.45, 2.75) is 4.90 Å². The number of rotatable bonds is 4. The number of pyridine rings is 1. The number of sulfone groups is 1. The Balaban J connectivity index is 1.44. The predicted molar refractivity (Wildman–Crippen MR) is 132 cm³/mol. The van der Waals surface area contributed by atoms with Crippen molar-refractivity contribution in [3.63, 3.8) is 0 Å². The SMILES string of the molecule is CN1CCN(c2ccc(NC(=N)/N=c3/cccc(-c4ccc(S(C)(=O)=O)cc4)[nH]3)cc2)CC1. The number of nitrogens with one attached hydrogen (secondary N) is 3. The molecule has 0 bridgehead atoms. The lowest BCUT2D eigenvalue weighted by molar-refractivity contribution is 0.313. The fourth-order valence-corrected chi connectivity index (χ4v) is 4.31. The number of benzene rings is 2. The standard InChI is InChI=1S/C24H28N6O2S/c1-29-14-16-30(17-15-29)20-10-8-19(9-11-20)26-24(25)28-23-5-3-4-22(27-23)18-6-12-21(13-7-18)33(2,31)32/h3-13H,14-17H2,1-2H3,(H3,25,26,27,28). The molecule has 2 heterocycles. The van der Waals surface area contributed by atoms with Gasteiger partial charge in [0.15, 0.2) is 9.84 Å². The first kappa shape index (κ1) is 22.8. The highest BCUT2D eigenvalue weighted by Gasteiger charge is 2.14. The molecule has 0 aliphatic carbocycles. The maximum absolute atomic E-state index is 11.7. The monoisotopic (exact) mass is 464 g/mol. The smallest absolute Gasteiger partial charge is 0.221 e. The number of anilines is 2. The van der Waals surface area contributed by atoms with Crippen LogP contribution >= 0.6 is 0 Å². The van der Waals surface area contributed by atoms with E-state index in [4.69, 9.17) is 5.41 Å². The molecule has 1 aliphatic rings.